The lowest BCUT2D eigenvalue weighted by Crippen LogP contribution is -2.21. The summed E-state index contributed by atoms with van der Waals surface area (Å²) in [5.74, 6) is -0.128. The first-order valence-electron chi connectivity index (χ1n) is 9.38. The van der Waals surface area contributed by atoms with E-state index in [1.165, 1.54) is 11.1 Å². The van der Waals surface area contributed by atoms with E-state index in [1.54, 1.807) is 43.2 Å². The fourth-order valence-corrected chi connectivity index (χ4v) is 2.75. The largest absolute Gasteiger partial charge is 0.365 e. The molecule has 0 bridgehead atoms. The number of amides is 2. The molecule has 4 N–H and O–H groups in total. The minimum absolute atomic E-state index is 0.0872. The number of nitrogens with one attached hydrogen (secondary N) is 2. The molecule has 0 saturated heterocycles. The Morgan fingerprint density at radius 3 is 2.70 bits per heavy atom. The van der Waals surface area contributed by atoms with Gasteiger partial charge in [0.1, 0.15) is 5.82 Å². The van der Waals surface area contributed by atoms with E-state index >= 15 is 0 Å². The molecular formula is C20H24N8O2. The van der Waals surface area contributed by atoms with Crippen LogP contribution in [0.5, 0.6) is 0 Å². The number of nitrogens with zero attached hydrogens (tertiary/aromatic N) is 5. The SMILES string of the molecule is CCn1cc(Nc2ncc(C(N)=O)c(NCc3cccc(C(=O)N(C)C)c3)n2)cn1. The minimum atomic E-state index is -0.639. The summed E-state index contributed by atoms with van der Waals surface area (Å²) in [6.07, 6.45) is 4.86. The van der Waals surface area contributed by atoms with E-state index in [4.69, 9.17) is 5.73 Å². The zero-order valence-electron chi connectivity index (χ0n) is 17.1. The predicted octanol–water partition coefficient (Wildman–Crippen LogP) is 1.85. The van der Waals surface area contributed by atoms with Crippen LogP contribution in [0, 0.1) is 0 Å². The fourth-order valence-electron chi connectivity index (χ4n) is 2.75. The van der Waals surface area contributed by atoms with Gasteiger partial charge >= 0.3 is 0 Å². The Labute approximate surface area is 174 Å². The normalized spacial score (nSPS) is 10.5. The number of nitrogens with two attached hydrogens (primary N) is 1. The van der Waals surface area contributed by atoms with Crippen LogP contribution in [-0.4, -0.2) is 50.6 Å². The third-order valence-corrected chi connectivity index (χ3v) is 4.31. The molecule has 0 aliphatic carbocycles. The molecule has 0 spiro atoms. The quantitative estimate of drug-likeness (QED) is 0.518. The highest BCUT2D eigenvalue weighted by Crippen LogP contribution is 2.18. The van der Waals surface area contributed by atoms with Crippen molar-refractivity contribution >= 4 is 29.3 Å². The van der Waals surface area contributed by atoms with Gasteiger partial charge in [-0.1, -0.05) is 12.1 Å². The van der Waals surface area contributed by atoms with Crippen LogP contribution in [0.25, 0.3) is 0 Å². The van der Waals surface area contributed by atoms with Crippen molar-refractivity contribution in [3.8, 4) is 0 Å². The Morgan fingerprint density at radius 2 is 2.03 bits per heavy atom. The molecule has 156 valence electrons. The molecule has 0 radical (unpaired) electrons. The lowest BCUT2D eigenvalue weighted by molar-refractivity contribution is 0.0827. The van der Waals surface area contributed by atoms with Crippen molar-refractivity contribution in [2.24, 2.45) is 5.73 Å². The molecule has 0 aliphatic rings. The number of hydrogen-bond acceptors (Lipinski definition) is 7. The molecule has 0 saturated carbocycles. The molecule has 2 amide bonds. The predicted molar refractivity (Wildman–Crippen MR) is 114 cm³/mol. The molecule has 0 unspecified atom stereocenters. The standard InChI is InChI=1S/C20H24N8O2/c1-4-28-12-15(10-24-28)25-20-23-11-16(17(21)29)18(26-20)22-9-13-6-5-7-14(8-13)19(30)27(2)3/h5-8,10-12H,4,9H2,1-3H3,(H2,21,29)(H2,22,23,25,26). The van der Waals surface area contributed by atoms with Crippen LogP contribution in [0.15, 0.2) is 42.9 Å². The number of carbonyl (C=O) groups is 2. The summed E-state index contributed by atoms with van der Waals surface area (Å²) in [5.41, 5.74) is 7.79. The van der Waals surface area contributed by atoms with Crippen LogP contribution < -0.4 is 16.4 Å². The maximum Gasteiger partial charge on any atom is 0.254 e. The van der Waals surface area contributed by atoms with Gasteiger partial charge in [0.25, 0.3) is 11.8 Å². The number of aryl methyl sites for hydroxylation is 1. The molecule has 2 aromatic heterocycles. The lowest BCUT2D eigenvalue weighted by atomic mass is 10.1. The van der Waals surface area contributed by atoms with E-state index in [0.29, 0.717) is 23.9 Å². The Bertz CT molecular complexity index is 1060. The fraction of sp³-hybridized carbons (Fsp3) is 0.250. The number of rotatable bonds is 8. The van der Waals surface area contributed by atoms with Gasteiger partial charge in [-0.25, -0.2) is 4.98 Å². The third-order valence-electron chi connectivity index (χ3n) is 4.31. The maximum absolute atomic E-state index is 12.2. The number of benzene rings is 1. The molecule has 10 heteroatoms. The van der Waals surface area contributed by atoms with Crippen molar-refractivity contribution < 1.29 is 9.59 Å². The lowest BCUT2D eigenvalue weighted by Gasteiger charge is -2.13. The van der Waals surface area contributed by atoms with Crippen molar-refractivity contribution in [2.75, 3.05) is 24.7 Å². The van der Waals surface area contributed by atoms with Gasteiger partial charge in [0.2, 0.25) is 5.95 Å². The summed E-state index contributed by atoms with van der Waals surface area (Å²) in [5, 5.41) is 10.4. The van der Waals surface area contributed by atoms with Gasteiger partial charge < -0.3 is 21.3 Å². The minimum Gasteiger partial charge on any atom is -0.365 e. The summed E-state index contributed by atoms with van der Waals surface area (Å²) < 4.78 is 1.77. The zero-order valence-corrected chi connectivity index (χ0v) is 17.1. The van der Waals surface area contributed by atoms with Gasteiger partial charge in [-0.15, -0.1) is 0 Å². The number of anilines is 3. The van der Waals surface area contributed by atoms with Gasteiger partial charge in [0.05, 0.1) is 17.4 Å². The number of hydrogen-bond donors (Lipinski definition) is 3. The molecule has 2 heterocycles. The maximum atomic E-state index is 12.2. The first-order chi connectivity index (χ1) is 14.4. The van der Waals surface area contributed by atoms with Crippen molar-refractivity contribution in [1.29, 1.82) is 0 Å². The van der Waals surface area contributed by atoms with Crippen LogP contribution in [0.2, 0.25) is 0 Å². The van der Waals surface area contributed by atoms with E-state index in [-0.39, 0.29) is 11.5 Å². The topological polar surface area (TPSA) is 131 Å². The molecule has 10 nitrogen and oxygen atoms in total. The highest BCUT2D eigenvalue weighted by atomic mass is 16.2. The monoisotopic (exact) mass is 408 g/mol. The van der Waals surface area contributed by atoms with Crippen LogP contribution >= 0.6 is 0 Å². The highest BCUT2D eigenvalue weighted by molar-refractivity contribution is 5.97. The van der Waals surface area contributed by atoms with Crippen molar-refractivity contribution in [3.05, 3.63) is 59.5 Å². The third kappa shape index (κ3) is 4.90. The Balaban J connectivity index is 1.79. The second-order valence-electron chi connectivity index (χ2n) is 6.78. The van der Waals surface area contributed by atoms with Gasteiger partial charge in [0.15, 0.2) is 0 Å². The molecule has 1 aromatic carbocycles. The number of primary amides is 1. The van der Waals surface area contributed by atoms with E-state index in [2.05, 4.69) is 25.7 Å². The molecule has 30 heavy (non-hydrogen) atoms. The Kier molecular flexibility index (Phi) is 6.26. The van der Waals surface area contributed by atoms with E-state index in [0.717, 1.165) is 17.8 Å². The smallest absolute Gasteiger partial charge is 0.254 e. The molecule has 0 aliphatic heterocycles. The van der Waals surface area contributed by atoms with Gasteiger partial charge in [-0.2, -0.15) is 10.1 Å². The van der Waals surface area contributed by atoms with Crippen LogP contribution in [0.1, 0.15) is 33.2 Å². The van der Waals surface area contributed by atoms with Crippen molar-refractivity contribution in [2.45, 2.75) is 20.0 Å². The van der Waals surface area contributed by atoms with Crippen molar-refractivity contribution in [1.82, 2.24) is 24.6 Å². The summed E-state index contributed by atoms with van der Waals surface area (Å²) in [6.45, 7) is 3.07. The molecule has 3 rings (SSSR count). The van der Waals surface area contributed by atoms with E-state index in [1.807, 2.05) is 19.2 Å². The van der Waals surface area contributed by atoms with Gasteiger partial charge in [0, 0.05) is 45.1 Å². The van der Waals surface area contributed by atoms with E-state index < -0.39 is 5.91 Å². The molecule has 0 atom stereocenters. The second kappa shape index (κ2) is 9.03. The van der Waals surface area contributed by atoms with Gasteiger partial charge in [-0.05, 0) is 24.6 Å². The summed E-state index contributed by atoms with van der Waals surface area (Å²) in [6, 6.07) is 7.23. The average molecular weight is 408 g/mol. The Morgan fingerprint density at radius 1 is 1.23 bits per heavy atom. The van der Waals surface area contributed by atoms with Crippen molar-refractivity contribution in [3.63, 3.8) is 0 Å². The average Bonchev–Trinajstić information content (AvgIpc) is 3.19. The molecule has 3 aromatic rings. The first kappa shape index (κ1) is 20.8. The van der Waals surface area contributed by atoms with Crippen LogP contribution in [-0.2, 0) is 13.1 Å². The summed E-state index contributed by atoms with van der Waals surface area (Å²) in [7, 11) is 3.40. The van der Waals surface area contributed by atoms with E-state index in [9.17, 15) is 9.59 Å². The summed E-state index contributed by atoms with van der Waals surface area (Å²) in [4.78, 5) is 34.0. The first-order valence-corrected chi connectivity index (χ1v) is 9.38. The van der Waals surface area contributed by atoms with Crippen LogP contribution in [0.3, 0.4) is 0 Å². The van der Waals surface area contributed by atoms with Crippen LogP contribution in [0.4, 0.5) is 17.5 Å². The summed E-state index contributed by atoms with van der Waals surface area (Å²) >= 11 is 0. The highest BCUT2D eigenvalue weighted by Gasteiger charge is 2.13. The molecule has 0 fully saturated rings. The van der Waals surface area contributed by atoms with Gasteiger partial charge in [-0.3, -0.25) is 14.3 Å². The second-order valence-corrected chi connectivity index (χ2v) is 6.78. The number of carbonyl (C=O) groups excluding carboxylic acids is 2. The Hall–Kier alpha value is -3.95. The number of aromatic nitrogens is 4. The zero-order chi connectivity index (χ0) is 21.7. The molecular weight excluding hydrogens is 384 g/mol.